The summed E-state index contributed by atoms with van der Waals surface area (Å²) in [5.41, 5.74) is 3.52. The fourth-order valence-corrected chi connectivity index (χ4v) is 5.16. The average Bonchev–Trinajstić information content (AvgIpc) is 2.99. The molecule has 0 aliphatic carbocycles. The Balaban J connectivity index is 1.45. The minimum atomic E-state index is -0.255. The highest BCUT2D eigenvalue weighted by molar-refractivity contribution is 5.85. The standard InChI is InChI=1S/C34H53N5O3/c1-36-18-20-37(2)22-24-39(25-23-38(3)21-19-36)27-32(40)16-14-30-10-12-31(13-11-30)26-35-33(34(41)28-42-4)17-15-29-8-6-5-7-9-29/h5-13,33,35H,14-28H2,1-4H3/t33-/m1/s1. The van der Waals surface area contributed by atoms with Crippen LogP contribution in [0.1, 0.15) is 29.5 Å². The molecule has 2 aromatic carbocycles. The summed E-state index contributed by atoms with van der Waals surface area (Å²) in [6.07, 6.45) is 2.87. The van der Waals surface area contributed by atoms with Crippen LogP contribution in [0.15, 0.2) is 54.6 Å². The van der Waals surface area contributed by atoms with Crippen LogP contribution in [-0.4, -0.2) is 131 Å². The summed E-state index contributed by atoms with van der Waals surface area (Å²) in [7, 11) is 8.10. The first-order valence-electron chi connectivity index (χ1n) is 15.5. The molecule has 232 valence electrons. The van der Waals surface area contributed by atoms with Gasteiger partial charge in [-0.1, -0.05) is 54.6 Å². The third-order valence-electron chi connectivity index (χ3n) is 8.23. The normalized spacial score (nSPS) is 17.8. The van der Waals surface area contributed by atoms with Crippen molar-refractivity contribution in [2.24, 2.45) is 0 Å². The highest BCUT2D eigenvalue weighted by Crippen LogP contribution is 2.11. The second-order valence-electron chi connectivity index (χ2n) is 11.9. The van der Waals surface area contributed by atoms with E-state index < -0.39 is 0 Å². The predicted octanol–water partition coefficient (Wildman–Crippen LogP) is 2.61. The van der Waals surface area contributed by atoms with Crippen molar-refractivity contribution in [3.05, 3.63) is 71.3 Å². The first-order valence-corrected chi connectivity index (χ1v) is 15.5. The molecule has 1 aliphatic rings. The molecule has 42 heavy (non-hydrogen) atoms. The maximum Gasteiger partial charge on any atom is 0.175 e. The molecular formula is C34H53N5O3. The number of Topliss-reactive ketones (excluding diaryl/α,β-unsaturated/α-hetero) is 2. The Morgan fingerprint density at radius 2 is 1.26 bits per heavy atom. The zero-order valence-electron chi connectivity index (χ0n) is 26.4. The van der Waals surface area contributed by atoms with Gasteiger partial charge in [0.15, 0.2) is 5.78 Å². The van der Waals surface area contributed by atoms with Crippen LogP contribution in [0.5, 0.6) is 0 Å². The van der Waals surface area contributed by atoms with E-state index in [1.165, 1.54) is 11.1 Å². The lowest BCUT2D eigenvalue weighted by atomic mass is 10.0. The van der Waals surface area contributed by atoms with E-state index in [-0.39, 0.29) is 18.4 Å². The van der Waals surface area contributed by atoms with E-state index in [9.17, 15) is 9.59 Å². The number of carbonyl (C=O) groups is 2. The van der Waals surface area contributed by atoms with Crippen molar-refractivity contribution < 1.29 is 14.3 Å². The molecule has 1 atom stereocenters. The van der Waals surface area contributed by atoms with Gasteiger partial charge in [0.25, 0.3) is 0 Å². The quantitative estimate of drug-likeness (QED) is 0.367. The van der Waals surface area contributed by atoms with Crippen molar-refractivity contribution >= 4 is 11.6 Å². The lowest BCUT2D eigenvalue weighted by Gasteiger charge is -2.30. The second kappa shape index (κ2) is 18.9. The molecule has 1 N–H and O–H groups in total. The first kappa shape index (κ1) is 34.0. The Hall–Kier alpha value is -2.46. The number of ketones is 2. The summed E-state index contributed by atoms with van der Waals surface area (Å²) in [5, 5.41) is 3.44. The van der Waals surface area contributed by atoms with Crippen molar-refractivity contribution in [3.8, 4) is 0 Å². The Bertz CT molecular complexity index is 1030. The smallest absolute Gasteiger partial charge is 0.175 e. The second-order valence-corrected chi connectivity index (χ2v) is 11.9. The summed E-state index contributed by atoms with van der Waals surface area (Å²) in [5.74, 6) is 0.377. The number of hydrogen-bond donors (Lipinski definition) is 1. The van der Waals surface area contributed by atoms with Crippen molar-refractivity contribution in [2.45, 2.75) is 38.3 Å². The number of nitrogens with zero attached hydrogens (tertiary/aromatic N) is 4. The monoisotopic (exact) mass is 579 g/mol. The maximum atomic E-state index is 13.0. The van der Waals surface area contributed by atoms with E-state index >= 15 is 0 Å². The fourth-order valence-electron chi connectivity index (χ4n) is 5.16. The number of likely N-dealkylation sites (N-methyl/N-ethyl adjacent to an activating group) is 3. The number of ether oxygens (including phenoxy) is 1. The van der Waals surface area contributed by atoms with Gasteiger partial charge < -0.3 is 24.8 Å². The van der Waals surface area contributed by atoms with E-state index in [1.807, 2.05) is 18.2 Å². The van der Waals surface area contributed by atoms with Crippen LogP contribution in [0.4, 0.5) is 0 Å². The Morgan fingerprint density at radius 1 is 0.738 bits per heavy atom. The Kier molecular flexibility index (Phi) is 15.4. The van der Waals surface area contributed by atoms with Crippen LogP contribution in [0.25, 0.3) is 0 Å². The molecule has 1 aliphatic heterocycles. The molecule has 0 radical (unpaired) electrons. The third-order valence-corrected chi connectivity index (χ3v) is 8.23. The van der Waals surface area contributed by atoms with Crippen molar-refractivity contribution in [2.75, 3.05) is 93.8 Å². The van der Waals surface area contributed by atoms with Gasteiger partial charge in [-0.15, -0.1) is 0 Å². The van der Waals surface area contributed by atoms with Crippen LogP contribution in [-0.2, 0) is 33.7 Å². The largest absolute Gasteiger partial charge is 0.377 e. The number of aryl methyl sites for hydroxylation is 2. The van der Waals surface area contributed by atoms with Gasteiger partial charge in [-0.3, -0.25) is 14.5 Å². The molecule has 0 amide bonds. The summed E-state index contributed by atoms with van der Waals surface area (Å²) in [4.78, 5) is 35.1. The van der Waals surface area contributed by atoms with E-state index in [1.54, 1.807) is 7.11 Å². The van der Waals surface area contributed by atoms with E-state index in [4.69, 9.17) is 4.74 Å². The average molecular weight is 580 g/mol. The van der Waals surface area contributed by atoms with Gasteiger partial charge in [0.05, 0.1) is 12.6 Å². The molecule has 0 spiro atoms. The van der Waals surface area contributed by atoms with Crippen LogP contribution >= 0.6 is 0 Å². The van der Waals surface area contributed by atoms with Crippen LogP contribution in [0.2, 0.25) is 0 Å². The molecular weight excluding hydrogens is 526 g/mol. The molecule has 1 fully saturated rings. The highest BCUT2D eigenvalue weighted by Gasteiger charge is 2.18. The van der Waals surface area contributed by atoms with Crippen molar-refractivity contribution in [1.29, 1.82) is 0 Å². The SMILES string of the molecule is COCC(=O)[C@@H](CCc1ccccc1)NCc1ccc(CCC(=O)CN2CCN(C)CCN(C)CCN(C)CC2)cc1. The number of hydrogen-bond acceptors (Lipinski definition) is 8. The predicted molar refractivity (Wildman–Crippen MR) is 171 cm³/mol. The lowest BCUT2D eigenvalue weighted by molar-refractivity contribution is -0.125. The van der Waals surface area contributed by atoms with Crippen LogP contribution < -0.4 is 5.32 Å². The molecule has 0 saturated carbocycles. The Labute approximate surface area is 254 Å². The number of benzene rings is 2. The minimum absolute atomic E-state index is 0.0757. The van der Waals surface area contributed by atoms with Crippen LogP contribution in [0, 0.1) is 0 Å². The number of carbonyl (C=O) groups excluding carboxylic acids is 2. The molecule has 0 aromatic heterocycles. The van der Waals surface area contributed by atoms with E-state index in [0.29, 0.717) is 25.3 Å². The molecule has 8 heteroatoms. The van der Waals surface area contributed by atoms with E-state index in [0.717, 1.165) is 77.2 Å². The van der Waals surface area contributed by atoms with Gasteiger partial charge >= 0.3 is 0 Å². The summed E-state index contributed by atoms with van der Waals surface area (Å²) >= 11 is 0. The van der Waals surface area contributed by atoms with Gasteiger partial charge in [-0.2, -0.15) is 0 Å². The molecule has 1 heterocycles. The molecule has 1 saturated heterocycles. The molecule has 2 aromatic rings. The van der Waals surface area contributed by atoms with E-state index in [2.05, 4.69) is 82.5 Å². The fraction of sp³-hybridized carbons (Fsp3) is 0.588. The number of methoxy groups -OCH3 is 1. The summed E-state index contributed by atoms with van der Waals surface area (Å²) in [6, 6.07) is 18.4. The number of nitrogens with one attached hydrogen (secondary N) is 1. The van der Waals surface area contributed by atoms with Gasteiger partial charge in [0, 0.05) is 72.4 Å². The third kappa shape index (κ3) is 13.2. The van der Waals surface area contributed by atoms with Crippen LogP contribution in [0.3, 0.4) is 0 Å². The first-order chi connectivity index (χ1) is 20.3. The van der Waals surface area contributed by atoms with Gasteiger partial charge in [-0.25, -0.2) is 0 Å². The van der Waals surface area contributed by atoms with Gasteiger partial charge in [0.1, 0.15) is 12.4 Å². The molecule has 8 nitrogen and oxygen atoms in total. The van der Waals surface area contributed by atoms with Crippen molar-refractivity contribution in [3.63, 3.8) is 0 Å². The number of rotatable bonds is 14. The molecule has 3 rings (SSSR count). The lowest BCUT2D eigenvalue weighted by Crippen LogP contribution is -2.44. The molecule has 0 unspecified atom stereocenters. The zero-order valence-corrected chi connectivity index (χ0v) is 26.4. The highest BCUT2D eigenvalue weighted by atomic mass is 16.5. The molecule has 0 bridgehead atoms. The topological polar surface area (TPSA) is 68.4 Å². The van der Waals surface area contributed by atoms with Gasteiger partial charge in [-0.05, 0) is 57.1 Å². The Morgan fingerprint density at radius 3 is 1.83 bits per heavy atom. The maximum absolute atomic E-state index is 13.0. The van der Waals surface area contributed by atoms with Crippen molar-refractivity contribution in [1.82, 2.24) is 24.9 Å². The summed E-state index contributed by atoms with van der Waals surface area (Å²) in [6.45, 7) is 9.26. The summed E-state index contributed by atoms with van der Waals surface area (Å²) < 4.78 is 5.12. The minimum Gasteiger partial charge on any atom is -0.377 e. The van der Waals surface area contributed by atoms with Gasteiger partial charge in [0.2, 0.25) is 0 Å². The zero-order chi connectivity index (χ0) is 30.2.